The summed E-state index contributed by atoms with van der Waals surface area (Å²) in [6, 6.07) is 0. The third-order valence-corrected chi connectivity index (χ3v) is 1.42. The van der Waals surface area contributed by atoms with Gasteiger partial charge >= 0.3 is 11.9 Å². The van der Waals surface area contributed by atoms with Crippen molar-refractivity contribution < 1.29 is 30.0 Å². The van der Waals surface area contributed by atoms with Crippen molar-refractivity contribution >= 4 is 11.9 Å². The van der Waals surface area contributed by atoms with E-state index < -0.39 is 18.0 Å². The molecule has 0 fully saturated rings. The standard InChI is InChI=1S/C7H12O4.C3H4O2/c1-5(7(10)11)2-3-6(9)4-8;1-2-3(4)5/h2,6,8-9H,3-4H2,1H3,(H,10,11);2H,1H2,(H,4,5). The second-order valence-corrected chi connectivity index (χ2v) is 2.81. The number of aliphatic hydroxyl groups is 2. The summed E-state index contributed by atoms with van der Waals surface area (Å²) in [4.78, 5) is 19.4. The average Bonchev–Trinajstić information content (AvgIpc) is 2.25. The number of rotatable bonds is 5. The summed E-state index contributed by atoms with van der Waals surface area (Å²) >= 11 is 0. The smallest absolute Gasteiger partial charge is 0.330 e. The van der Waals surface area contributed by atoms with Crippen LogP contribution in [0.4, 0.5) is 0 Å². The van der Waals surface area contributed by atoms with E-state index in [9.17, 15) is 9.59 Å². The number of carboxylic acids is 2. The molecule has 0 aliphatic rings. The lowest BCUT2D eigenvalue weighted by Crippen LogP contribution is -2.10. The Bertz CT molecular complexity index is 268. The lowest BCUT2D eigenvalue weighted by atomic mass is 10.2. The van der Waals surface area contributed by atoms with Crippen molar-refractivity contribution in [3.63, 3.8) is 0 Å². The molecule has 0 saturated carbocycles. The molecular formula is C10H16O6. The maximum absolute atomic E-state index is 10.2. The fourth-order valence-corrected chi connectivity index (χ4v) is 0.475. The molecule has 0 aromatic carbocycles. The van der Waals surface area contributed by atoms with Crippen molar-refractivity contribution in [1.29, 1.82) is 0 Å². The molecule has 4 N–H and O–H groups in total. The van der Waals surface area contributed by atoms with Crippen LogP contribution in [0.2, 0.25) is 0 Å². The Kier molecular flexibility index (Phi) is 10.3. The molecule has 1 unspecified atom stereocenters. The molecule has 0 radical (unpaired) electrons. The number of carbonyl (C=O) groups is 2. The maximum atomic E-state index is 10.2. The fraction of sp³-hybridized carbons (Fsp3) is 0.400. The van der Waals surface area contributed by atoms with Gasteiger partial charge in [-0.2, -0.15) is 0 Å². The zero-order valence-corrected chi connectivity index (χ0v) is 8.96. The number of hydrogen-bond acceptors (Lipinski definition) is 4. The summed E-state index contributed by atoms with van der Waals surface area (Å²) in [5.74, 6) is -1.99. The molecular weight excluding hydrogens is 216 g/mol. The summed E-state index contributed by atoms with van der Waals surface area (Å²) in [7, 11) is 0. The number of hydrogen-bond donors (Lipinski definition) is 4. The average molecular weight is 232 g/mol. The molecule has 6 heteroatoms. The van der Waals surface area contributed by atoms with Crippen LogP contribution in [-0.4, -0.2) is 45.1 Å². The van der Waals surface area contributed by atoms with Crippen LogP contribution in [0.1, 0.15) is 13.3 Å². The van der Waals surface area contributed by atoms with Gasteiger partial charge in [-0.1, -0.05) is 12.7 Å². The molecule has 0 rings (SSSR count). The summed E-state index contributed by atoms with van der Waals surface area (Å²) < 4.78 is 0. The van der Waals surface area contributed by atoms with Crippen molar-refractivity contribution in [3.05, 3.63) is 24.3 Å². The van der Waals surface area contributed by atoms with Crippen molar-refractivity contribution in [2.24, 2.45) is 0 Å². The lowest BCUT2D eigenvalue weighted by molar-refractivity contribution is -0.133. The van der Waals surface area contributed by atoms with Gasteiger partial charge in [-0.15, -0.1) is 0 Å². The van der Waals surface area contributed by atoms with Gasteiger partial charge in [0.15, 0.2) is 0 Å². The van der Waals surface area contributed by atoms with Crippen molar-refractivity contribution in [1.82, 2.24) is 0 Å². The first-order valence-electron chi connectivity index (χ1n) is 4.39. The second-order valence-electron chi connectivity index (χ2n) is 2.81. The second kappa shape index (κ2) is 9.88. The van der Waals surface area contributed by atoms with Crippen LogP contribution in [0.5, 0.6) is 0 Å². The molecule has 0 aliphatic carbocycles. The predicted octanol–water partition coefficient (Wildman–Crippen LogP) is 0.0176. The topological polar surface area (TPSA) is 115 Å². The Hall–Kier alpha value is -1.66. The highest BCUT2D eigenvalue weighted by Crippen LogP contribution is 1.98. The molecule has 0 saturated heterocycles. The van der Waals surface area contributed by atoms with Crippen LogP contribution in [0.15, 0.2) is 24.3 Å². The lowest BCUT2D eigenvalue weighted by Gasteiger charge is -2.01. The van der Waals surface area contributed by atoms with E-state index in [2.05, 4.69) is 6.58 Å². The van der Waals surface area contributed by atoms with E-state index in [1.54, 1.807) is 0 Å². The first-order chi connectivity index (χ1) is 7.34. The minimum absolute atomic E-state index is 0.175. The van der Waals surface area contributed by atoms with Crippen molar-refractivity contribution in [2.45, 2.75) is 19.4 Å². The van der Waals surface area contributed by atoms with Gasteiger partial charge in [0.1, 0.15) is 0 Å². The SMILES string of the molecule is C=CC(=O)O.CC(=CCC(O)CO)C(=O)O. The van der Waals surface area contributed by atoms with Crippen molar-refractivity contribution in [2.75, 3.05) is 6.61 Å². The van der Waals surface area contributed by atoms with Gasteiger partial charge in [0.25, 0.3) is 0 Å². The summed E-state index contributed by atoms with van der Waals surface area (Å²) in [5, 5.41) is 33.1. The normalized spacial score (nSPS) is 12.1. The molecule has 6 nitrogen and oxygen atoms in total. The first-order valence-corrected chi connectivity index (χ1v) is 4.39. The van der Waals surface area contributed by atoms with E-state index in [4.69, 9.17) is 20.4 Å². The largest absolute Gasteiger partial charge is 0.478 e. The van der Waals surface area contributed by atoms with Gasteiger partial charge in [0, 0.05) is 11.6 Å². The summed E-state index contributed by atoms with van der Waals surface area (Å²) in [6.07, 6.45) is 1.53. The molecule has 0 heterocycles. The van der Waals surface area contributed by atoms with Gasteiger partial charge < -0.3 is 20.4 Å². The number of aliphatic hydroxyl groups excluding tert-OH is 2. The van der Waals surface area contributed by atoms with E-state index in [-0.39, 0.29) is 18.6 Å². The highest BCUT2D eigenvalue weighted by molar-refractivity contribution is 5.85. The molecule has 0 amide bonds. The fourth-order valence-electron chi connectivity index (χ4n) is 0.475. The van der Waals surface area contributed by atoms with Crippen LogP contribution in [-0.2, 0) is 9.59 Å². The molecule has 1 atom stereocenters. The quantitative estimate of drug-likeness (QED) is 0.496. The van der Waals surface area contributed by atoms with Gasteiger partial charge in [0.2, 0.25) is 0 Å². The number of carboxylic acid groups (broad SMARTS) is 2. The maximum Gasteiger partial charge on any atom is 0.330 e. The monoisotopic (exact) mass is 232 g/mol. The zero-order valence-electron chi connectivity index (χ0n) is 8.96. The molecule has 92 valence electrons. The third kappa shape index (κ3) is 12.3. The Labute approximate surface area is 93.2 Å². The first kappa shape index (κ1) is 16.8. The van der Waals surface area contributed by atoms with Crippen LogP contribution in [0.3, 0.4) is 0 Å². The van der Waals surface area contributed by atoms with Crippen LogP contribution in [0.25, 0.3) is 0 Å². The third-order valence-electron chi connectivity index (χ3n) is 1.42. The van der Waals surface area contributed by atoms with E-state index >= 15 is 0 Å². The molecule has 0 aromatic heterocycles. The van der Waals surface area contributed by atoms with Gasteiger partial charge in [0.05, 0.1) is 12.7 Å². The van der Waals surface area contributed by atoms with E-state index in [0.29, 0.717) is 0 Å². The molecule has 0 spiro atoms. The molecule has 0 bridgehead atoms. The van der Waals surface area contributed by atoms with Crippen LogP contribution < -0.4 is 0 Å². The molecule has 0 aromatic rings. The highest BCUT2D eigenvalue weighted by Gasteiger charge is 2.02. The van der Waals surface area contributed by atoms with E-state index in [1.807, 2.05) is 0 Å². The molecule has 16 heavy (non-hydrogen) atoms. The van der Waals surface area contributed by atoms with Crippen molar-refractivity contribution in [3.8, 4) is 0 Å². The minimum Gasteiger partial charge on any atom is -0.478 e. The van der Waals surface area contributed by atoms with Gasteiger partial charge in [-0.3, -0.25) is 0 Å². The predicted molar refractivity (Wildman–Crippen MR) is 56.9 cm³/mol. The Morgan fingerprint density at radius 1 is 1.38 bits per heavy atom. The molecule has 0 aliphatic heterocycles. The number of aliphatic carboxylic acids is 2. The van der Waals surface area contributed by atoms with Crippen LogP contribution >= 0.6 is 0 Å². The Morgan fingerprint density at radius 2 is 1.81 bits per heavy atom. The Morgan fingerprint density at radius 3 is 2.06 bits per heavy atom. The minimum atomic E-state index is -1.00. The summed E-state index contributed by atoms with van der Waals surface area (Å²) in [6.45, 7) is 4.05. The zero-order chi connectivity index (χ0) is 13.1. The summed E-state index contributed by atoms with van der Waals surface area (Å²) in [5.41, 5.74) is 0.178. The van der Waals surface area contributed by atoms with Gasteiger partial charge in [-0.05, 0) is 13.3 Å². The Balaban J connectivity index is 0. The van der Waals surface area contributed by atoms with E-state index in [0.717, 1.165) is 6.08 Å². The van der Waals surface area contributed by atoms with Crippen LogP contribution in [0, 0.1) is 0 Å². The van der Waals surface area contributed by atoms with E-state index in [1.165, 1.54) is 13.0 Å². The van der Waals surface area contributed by atoms with Gasteiger partial charge in [-0.25, -0.2) is 9.59 Å². The highest BCUT2D eigenvalue weighted by atomic mass is 16.4.